The highest BCUT2D eigenvalue weighted by Crippen LogP contribution is 2.23. The largest absolute Gasteiger partial charge is 0.478 e. The molecular formula is C12H15NO6S2. The molecule has 0 radical (unpaired) electrons. The van der Waals surface area contributed by atoms with Crippen LogP contribution in [0.2, 0.25) is 0 Å². The Bertz CT molecular complexity index is 740. The molecule has 1 saturated heterocycles. The van der Waals surface area contributed by atoms with Crippen molar-refractivity contribution in [2.24, 2.45) is 0 Å². The summed E-state index contributed by atoms with van der Waals surface area (Å²) in [5, 5.41) is 8.20. The maximum absolute atomic E-state index is 12.2. The van der Waals surface area contributed by atoms with Gasteiger partial charge in [0.2, 0.25) is 10.0 Å². The number of rotatable bonds is 4. The van der Waals surface area contributed by atoms with Crippen molar-refractivity contribution < 1.29 is 26.7 Å². The van der Waals surface area contributed by atoms with Gasteiger partial charge >= 0.3 is 5.97 Å². The number of aromatic carboxylic acids is 1. The Morgan fingerprint density at radius 1 is 1.19 bits per heavy atom. The summed E-state index contributed by atoms with van der Waals surface area (Å²) in [5.41, 5.74) is -0.164. The summed E-state index contributed by atoms with van der Waals surface area (Å²) in [5.74, 6) is -1.57. The van der Waals surface area contributed by atoms with Gasteiger partial charge in [0.05, 0.1) is 28.0 Å². The Morgan fingerprint density at radius 3 is 2.33 bits per heavy atom. The van der Waals surface area contributed by atoms with E-state index in [9.17, 15) is 21.6 Å². The standard InChI is InChI=1S/C12H15NO6S2/c14-12(15)10-3-1-2-4-11(10)13-21(18,19)9-5-7-20(16,17)8-6-9/h1-4,9,13H,5-8H2,(H,14,15). The second-order valence-corrected chi connectivity index (χ2v) is 9.11. The van der Waals surface area contributed by atoms with Crippen LogP contribution in [-0.2, 0) is 19.9 Å². The smallest absolute Gasteiger partial charge is 0.337 e. The normalized spacial score (nSPS) is 19.0. The maximum Gasteiger partial charge on any atom is 0.337 e. The van der Waals surface area contributed by atoms with Crippen LogP contribution >= 0.6 is 0 Å². The summed E-state index contributed by atoms with van der Waals surface area (Å²) in [7, 11) is -6.98. The quantitative estimate of drug-likeness (QED) is 0.837. The van der Waals surface area contributed by atoms with Crippen molar-refractivity contribution in [1.82, 2.24) is 0 Å². The number of carboxylic acid groups (broad SMARTS) is 1. The van der Waals surface area contributed by atoms with E-state index in [0.717, 1.165) is 0 Å². The zero-order chi connectivity index (χ0) is 15.7. The first-order valence-corrected chi connectivity index (χ1v) is 9.62. The maximum atomic E-state index is 12.2. The number of sulfone groups is 1. The van der Waals surface area contributed by atoms with Crippen LogP contribution in [0.1, 0.15) is 23.2 Å². The van der Waals surface area contributed by atoms with Gasteiger partial charge in [0, 0.05) is 0 Å². The summed E-state index contributed by atoms with van der Waals surface area (Å²) >= 11 is 0. The van der Waals surface area contributed by atoms with Crippen LogP contribution in [0.4, 0.5) is 5.69 Å². The molecule has 0 aliphatic carbocycles. The zero-order valence-corrected chi connectivity index (χ0v) is 12.7. The number of carboxylic acids is 1. The van der Waals surface area contributed by atoms with Crippen LogP contribution in [-0.4, -0.2) is 44.7 Å². The molecule has 1 aliphatic heterocycles. The molecule has 0 unspecified atom stereocenters. The molecule has 0 saturated carbocycles. The number of hydrogen-bond donors (Lipinski definition) is 2. The first-order valence-electron chi connectivity index (χ1n) is 6.26. The number of carbonyl (C=O) groups is 1. The van der Waals surface area contributed by atoms with E-state index >= 15 is 0 Å². The SMILES string of the molecule is O=C(O)c1ccccc1NS(=O)(=O)C1CCS(=O)(=O)CC1. The fourth-order valence-corrected chi connectivity index (χ4v) is 5.47. The van der Waals surface area contributed by atoms with Crippen LogP contribution in [0.3, 0.4) is 0 Å². The second kappa shape index (κ2) is 5.64. The van der Waals surface area contributed by atoms with Crippen molar-refractivity contribution in [1.29, 1.82) is 0 Å². The van der Waals surface area contributed by atoms with Gasteiger partial charge in [-0.1, -0.05) is 12.1 Å². The van der Waals surface area contributed by atoms with Gasteiger partial charge < -0.3 is 5.11 Å². The van der Waals surface area contributed by atoms with E-state index in [0.29, 0.717) is 0 Å². The molecule has 0 aromatic heterocycles. The van der Waals surface area contributed by atoms with Crippen LogP contribution in [0.25, 0.3) is 0 Å². The van der Waals surface area contributed by atoms with Crippen LogP contribution in [0.5, 0.6) is 0 Å². The fourth-order valence-electron chi connectivity index (χ4n) is 2.17. The molecule has 0 atom stereocenters. The number of nitrogens with one attached hydrogen (secondary N) is 1. The number of sulfonamides is 1. The molecule has 1 aliphatic rings. The minimum atomic E-state index is -3.82. The highest BCUT2D eigenvalue weighted by Gasteiger charge is 2.33. The molecule has 0 bridgehead atoms. The first kappa shape index (κ1) is 15.8. The molecule has 9 heteroatoms. The van der Waals surface area contributed by atoms with E-state index in [1.807, 2.05) is 0 Å². The number of anilines is 1. The second-order valence-electron chi connectivity index (χ2n) is 4.85. The molecule has 1 heterocycles. The van der Waals surface area contributed by atoms with Gasteiger partial charge in [0.15, 0.2) is 0 Å². The van der Waals surface area contributed by atoms with E-state index in [2.05, 4.69) is 4.72 Å². The van der Waals surface area contributed by atoms with Gasteiger partial charge in [0.25, 0.3) is 0 Å². The predicted octanol–water partition coefficient (Wildman–Crippen LogP) is 0.704. The molecule has 0 amide bonds. The highest BCUT2D eigenvalue weighted by atomic mass is 32.2. The molecular weight excluding hydrogens is 318 g/mol. The van der Waals surface area contributed by atoms with Crippen molar-refractivity contribution in [2.45, 2.75) is 18.1 Å². The molecule has 7 nitrogen and oxygen atoms in total. The lowest BCUT2D eigenvalue weighted by molar-refractivity contribution is 0.0698. The van der Waals surface area contributed by atoms with Gasteiger partial charge in [-0.3, -0.25) is 4.72 Å². The van der Waals surface area contributed by atoms with Gasteiger partial charge in [0.1, 0.15) is 9.84 Å². The molecule has 1 fully saturated rings. The summed E-state index contributed by atoms with van der Waals surface area (Å²) in [6, 6.07) is 5.68. The summed E-state index contributed by atoms with van der Waals surface area (Å²) in [6.07, 6.45) is 0.0415. The average molecular weight is 333 g/mol. The summed E-state index contributed by atoms with van der Waals surface area (Å²) in [4.78, 5) is 11.1. The Balaban J connectivity index is 2.21. The van der Waals surface area contributed by atoms with Crippen molar-refractivity contribution in [2.75, 3.05) is 16.2 Å². The first-order chi connectivity index (χ1) is 9.71. The topological polar surface area (TPSA) is 118 Å². The Kier molecular flexibility index (Phi) is 4.24. The van der Waals surface area contributed by atoms with Crippen LogP contribution in [0.15, 0.2) is 24.3 Å². The summed E-state index contributed by atoms with van der Waals surface area (Å²) < 4.78 is 49.4. The Hall–Kier alpha value is -1.61. The summed E-state index contributed by atoms with van der Waals surface area (Å²) in [6.45, 7) is 0. The van der Waals surface area contributed by atoms with Crippen molar-refractivity contribution in [3.63, 3.8) is 0 Å². The molecule has 21 heavy (non-hydrogen) atoms. The van der Waals surface area contributed by atoms with Crippen LogP contribution in [0, 0.1) is 0 Å². The third kappa shape index (κ3) is 3.73. The van der Waals surface area contributed by atoms with Crippen molar-refractivity contribution >= 4 is 31.5 Å². The number of para-hydroxylation sites is 1. The Morgan fingerprint density at radius 2 is 1.76 bits per heavy atom. The lowest BCUT2D eigenvalue weighted by Gasteiger charge is -2.23. The average Bonchev–Trinajstić information content (AvgIpc) is 2.38. The minimum Gasteiger partial charge on any atom is -0.478 e. The van der Waals surface area contributed by atoms with E-state index < -0.39 is 31.1 Å². The molecule has 2 rings (SSSR count). The minimum absolute atomic E-state index is 0.0153. The molecule has 1 aromatic carbocycles. The van der Waals surface area contributed by atoms with Crippen LogP contribution < -0.4 is 4.72 Å². The zero-order valence-electron chi connectivity index (χ0n) is 11.0. The third-order valence-electron chi connectivity index (χ3n) is 3.35. The molecule has 116 valence electrons. The Labute approximate surface area is 123 Å². The van der Waals surface area contributed by atoms with E-state index in [1.54, 1.807) is 0 Å². The number of hydrogen-bond acceptors (Lipinski definition) is 5. The number of benzene rings is 1. The van der Waals surface area contributed by atoms with Gasteiger partial charge in [-0.2, -0.15) is 0 Å². The van der Waals surface area contributed by atoms with Gasteiger partial charge in [-0.05, 0) is 25.0 Å². The third-order valence-corrected chi connectivity index (χ3v) is 6.92. The van der Waals surface area contributed by atoms with E-state index in [4.69, 9.17) is 5.11 Å². The van der Waals surface area contributed by atoms with Crippen molar-refractivity contribution in [3.8, 4) is 0 Å². The lowest BCUT2D eigenvalue weighted by atomic mass is 10.2. The van der Waals surface area contributed by atoms with Crippen molar-refractivity contribution in [3.05, 3.63) is 29.8 Å². The monoisotopic (exact) mass is 333 g/mol. The van der Waals surface area contributed by atoms with Gasteiger partial charge in [-0.15, -0.1) is 0 Å². The predicted molar refractivity (Wildman–Crippen MR) is 77.6 cm³/mol. The molecule has 0 spiro atoms. The van der Waals surface area contributed by atoms with E-state index in [-0.39, 0.29) is 35.6 Å². The highest BCUT2D eigenvalue weighted by molar-refractivity contribution is 7.94. The molecule has 2 N–H and O–H groups in total. The van der Waals surface area contributed by atoms with E-state index in [1.165, 1.54) is 24.3 Å². The fraction of sp³-hybridized carbons (Fsp3) is 0.417. The molecule has 1 aromatic rings. The van der Waals surface area contributed by atoms with Gasteiger partial charge in [-0.25, -0.2) is 21.6 Å². The lowest BCUT2D eigenvalue weighted by Crippen LogP contribution is -2.36.